The zero-order valence-electron chi connectivity index (χ0n) is 51.3. The minimum absolute atomic E-state index is 0. The van der Waals surface area contributed by atoms with Gasteiger partial charge in [-0.15, -0.1) is 0 Å². The van der Waals surface area contributed by atoms with Gasteiger partial charge in [0.2, 0.25) is 0 Å². The summed E-state index contributed by atoms with van der Waals surface area (Å²) in [6, 6.07) is 0. The van der Waals surface area contributed by atoms with Crippen LogP contribution < -0.4 is 69.4 Å². The van der Waals surface area contributed by atoms with Gasteiger partial charge >= 0.3 is 66.4 Å². The van der Waals surface area contributed by atoms with Gasteiger partial charge in [0.25, 0.3) is 0 Å². The van der Waals surface area contributed by atoms with E-state index in [4.69, 9.17) is 56.7 Å². The van der Waals surface area contributed by atoms with Gasteiger partial charge in [0.1, 0.15) is 85.6 Å². The van der Waals surface area contributed by atoms with Crippen LogP contribution in [0.4, 0.5) is 0 Å². The molecule has 9 aliphatic heterocycles. The first kappa shape index (κ1) is 76.1. The Kier molecular flexibility index (Phi) is 28.1. The maximum atomic E-state index is 12.2. The largest absolute Gasteiger partial charge is 1.00 e. The summed E-state index contributed by atoms with van der Waals surface area (Å²) in [4.78, 5) is 3.80. The SMILES string of the molecule is C=C(/C(C)=C/CO)C(O)C[C@@H](C)C(O)[C@H](CCC(C)[C@@H](O)C(C)C1OC2C(O)CC3(C)OC4CC5(C)OC6CC(O)[C@@H](C(O)C(O)C[C@@H]7O[C@@H]8C[C@@H]9OCCCC9OC8[C@@H](O)[C@H]7OSO[O-])O[C@H]6[C@H](O)[C@H]5O[C@H]4C[C@H]3OC2C(O)C1O)OB([O-])OO.[Na+].[Na+]. The molecule has 494 valence electrons. The van der Waals surface area contributed by atoms with Gasteiger partial charge in [-0.25, -0.2) is 0 Å². The summed E-state index contributed by atoms with van der Waals surface area (Å²) < 4.78 is 72.5. The molecule has 88 heavy (non-hydrogen) atoms. The molecule has 0 bridgehead atoms. The summed E-state index contributed by atoms with van der Waals surface area (Å²) in [5.74, 6) is -2.22. The molecule has 0 aromatic carbocycles. The van der Waals surface area contributed by atoms with Crippen molar-refractivity contribution in [3.8, 4) is 0 Å². The van der Waals surface area contributed by atoms with Crippen LogP contribution in [0.15, 0.2) is 23.8 Å². The van der Waals surface area contributed by atoms with E-state index >= 15 is 0 Å². The second kappa shape index (κ2) is 32.4. The van der Waals surface area contributed by atoms with Crippen LogP contribution in [0.1, 0.15) is 112 Å². The van der Waals surface area contributed by atoms with Gasteiger partial charge < -0.3 is 123 Å². The molecule has 13 N–H and O–H groups in total. The van der Waals surface area contributed by atoms with Crippen molar-refractivity contribution in [1.29, 1.82) is 0 Å². The summed E-state index contributed by atoms with van der Waals surface area (Å²) in [5.41, 5.74) is -1.60. The molecule has 0 aromatic heterocycles. The van der Waals surface area contributed by atoms with Crippen molar-refractivity contribution in [3.63, 3.8) is 0 Å². The molecule has 0 aliphatic carbocycles. The van der Waals surface area contributed by atoms with Gasteiger partial charge in [0, 0.05) is 51.0 Å². The molecule has 0 aromatic rings. The van der Waals surface area contributed by atoms with E-state index in [-0.39, 0.29) is 142 Å². The summed E-state index contributed by atoms with van der Waals surface area (Å²) in [7, 11) is -2.39. The topological polar surface area (TPSA) is 429 Å². The number of ether oxygens (including phenoxy) is 9. The second-order valence-electron chi connectivity index (χ2n) is 26.1. The Hall–Kier alpha value is 0.775. The van der Waals surface area contributed by atoms with Crippen LogP contribution in [0.2, 0.25) is 0 Å². The molecular weight excluding hydrogens is 1210 g/mol. The molecule has 0 saturated carbocycles. The van der Waals surface area contributed by atoms with Crippen molar-refractivity contribution in [3.05, 3.63) is 23.8 Å². The van der Waals surface area contributed by atoms with E-state index in [2.05, 4.69) is 15.7 Å². The summed E-state index contributed by atoms with van der Waals surface area (Å²) in [5, 5.41) is 169. The van der Waals surface area contributed by atoms with Crippen molar-refractivity contribution in [2.45, 2.75) is 294 Å². The van der Waals surface area contributed by atoms with Crippen molar-refractivity contribution >= 4 is 19.6 Å². The van der Waals surface area contributed by atoms with E-state index in [9.17, 15) is 71.6 Å². The van der Waals surface area contributed by atoms with Crippen LogP contribution >= 0.6 is 12.3 Å². The second-order valence-corrected chi connectivity index (χ2v) is 26.6. The molecule has 9 fully saturated rings. The summed E-state index contributed by atoms with van der Waals surface area (Å²) in [6.07, 6.45) is -29.3. The Morgan fingerprint density at radius 2 is 1.42 bits per heavy atom. The molecule has 0 radical (unpaired) electrons. The van der Waals surface area contributed by atoms with E-state index in [1.807, 2.05) is 0 Å². The Bertz CT molecular complexity index is 2250. The van der Waals surface area contributed by atoms with E-state index in [1.54, 1.807) is 41.5 Å². The zero-order chi connectivity index (χ0) is 62.4. The molecule has 32 heteroatoms. The Morgan fingerprint density at radius 3 is 2.11 bits per heavy atom. The number of rotatable bonds is 23. The third kappa shape index (κ3) is 16.3. The van der Waals surface area contributed by atoms with Gasteiger partial charge in [-0.05, 0) is 75.9 Å². The minimum Gasteiger partial charge on any atom is -0.830 e. The number of aliphatic hydroxyl groups excluding tert-OH is 12. The van der Waals surface area contributed by atoms with Gasteiger partial charge in [-0.3, -0.25) is 14.2 Å². The Morgan fingerprint density at radius 1 is 0.727 bits per heavy atom. The third-order valence-electron chi connectivity index (χ3n) is 20.2. The first-order chi connectivity index (χ1) is 40.7. The third-order valence-corrected chi connectivity index (χ3v) is 20.5. The summed E-state index contributed by atoms with van der Waals surface area (Å²) >= 11 is 0.0725. The van der Waals surface area contributed by atoms with Crippen LogP contribution in [-0.4, -0.2) is 269 Å². The summed E-state index contributed by atoms with van der Waals surface area (Å²) in [6.45, 7) is 14.2. The zero-order valence-corrected chi connectivity index (χ0v) is 56.1. The molecule has 0 spiro atoms. The monoisotopic (exact) mass is 1300 g/mol. The first-order valence-electron chi connectivity index (χ1n) is 30.3. The molecule has 9 rings (SSSR count). The maximum absolute atomic E-state index is 12.2. The fraction of sp³-hybridized carbons (Fsp3) is 0.929. The average molecular weight is 1300 g/mol. The van der Waals surface area contributed by atoms with Gasteiger partial charge in [-0.1, -0.05) is 33.4 Å². The Balaban J connectivity index is 0.00000552. The van der Waals surface area contributed by atoms with Crippen molar-refractivity contribution in [2.75, 3.05) is 13.2 Å². The molecule has 9 saturated heterocycles. The van der Waals surface area contributed by atoms with Crippen LogP contribution in [0.25, 0.3) is 0 Å². The van der Waals surface area contributed by atoms with Crippen LogP contribution in [0, 0.1) is 17.8 Å². The first-order valence-corrected chi connectivity index (χ1v) is 31.0. The normalized spacial score (nSPS) is 44.6. The van der Waals surface area contributed by atoms with Gasteiger partial charge in [0.15, 0.2) is 0 Å². The van der Waals surface area contributed by atoms with Crippen LogP contribution in [0.3, 0.4) is 0 Å². The molecule has 9 aliphatic rings. The van der Waals surface area contributed by atoms with Crippen molar-refractivity contribution < 1.29 is 197 Å². The van der Waals surface area contributed by atoms with Gasteiger partial charge in [-0.2, -0.15) is 0 Å². The average Bonchev–Trinajstić information content (AvgIpc) is 1.26. The quantitative estimate of drug-likeness (QED) is 0.0149. The predicted octanol–water partition coefficient (Wildman–Crippen LogP) is -9.56. The fourth-order valence-electron chi connectivity index (χ4n) is 15.1. The predicted molar refractivity (Wildman–Crippen MR) is 290 cm³/mol. The standard InChI is InChI=1S/C56H92BO28S.2Na/c1-22(12-13-58)25(4)27(59)15-24(3)41(64)32(82-57(70)84-71)11-10-23(2)40(63)26(5)47-43(66)44(67)53-49(78-47)30(62)20-55(6)39(77-53)19-34-38(81-55)21-56(7)54(76-34)46(69)51-37(80-56)17-29(61)48(79-51)42(65)28(60)16-35-52(83-86-85-72)45(68)50-36(74-35)18-33-31(75-50)9-8-14-73-33;;/h12,23-24,26-54,58-69,71-72H,4,8-11,13-21H2,1-3,5-7H3;;/q-1;2*+1/p-1/b22-12+;;/t23?,24-,26?,27?,28?,29?,30?,31?,32+,33+,34+,35+,36-,37?,38?,39-,40-,41?,42?,43?,44?,45-,46+,47?,48+,49?,50?,51-,52+,53?,54-,55?,56?;;/m1../s1. The van der Waals surface area contributed by atoms with Crippen molar-refractivity contribution in [2.24, 2.45) is 17.8 Å². The smallest absolute Gasteiger partial charge is 0.830 e. The molecule has 0 amide bonds. The Labute approximate surface area is 561 Å². The minimum atomic E-state index is -2.39. The molecule has 9 heterocycles. The van der Waals surface area contributed by atoms with Gasteiger partial charge in [0.05, 0.1) is 115 Å². The van der Waals surface area contributed by atoms with Crippen LogP contribution in [0.5, 0.6) is 0 Å². The number of aliphatic hydroxyl groups is 12. The fourth-order valence-corrected chi connectivity index (χ4v) is 15.5. The molecule has 33 atom stereocenters. The number of hydrogen-bond acceptors (Lipinski definition) is 29. The number of hydrogen-bond donors (Lipinski definition) is 13. The van der Waals surface area contributed by atoms with E-state index in [0.29, 0.717) is 24.2 Å². The molecular formula is C56H91BNa2O28S. The van der Waals surface area contributed by atoms with Crippen molar-refractivity contribution in [1.82, 2.24) is 0 Å². The maximum Gasteiger partial charge on any atom is 1.00 e. The van der Waals surface area contributed by atoms with E-state index in [0.717, 1.165) is 12.8 Å². The van der Waals surface area contributed by atoms with Crippen LogP contribution in [-0.2, 0) is 60.6 Å². The van der Waals surface area contributed by atoms with E-state index < -0.39 is 195 Å². The van der Waals surface area contributed by atoms with E-state index in [1.165, 1.54) is 6.08 Å². The number of fused-ring (bicyclic) bond motifs is 7. The molecule has 28 nitrogen and oxygen atoms in total. The molecule has 19 unspecified atom stereocenters.